The Labute approximate surface area is 177 Å². The molecule has 0 bridgehead atoms. The number of fused-ring (bicyclic) bond motifs is 5. The highest BCUT2D eigenvalue weighted by Crippen LogP contribution is 2.52. The quantitative estimate of drug-likeness (QED) is 0.294. The van der Waals surface area contributed by atoms with Gasteiger partial charge in [-0.15, -0.1) is 0 Å². The van der Waals surface area contributed by atoms with Crippen LogP contribution in [0.5, 0.6) is 5.75 Å². The molecule has 2 aliphatic rings. The average molecular weight is 392 g/mol. The van der Waals surface area contributed by atoms with Gasteiger partial charge in [0.15, 0.2) is 0 Å². The van der Waals surface area contributed by atoms with Crippen LogP contribution in [-0.2, 0) is 0 Å². The minimum absolute atomic E-state index is 0.270. The lowest BCUT2D eigenvalue weighted by molar-refractivity contribution is 0.338. The van der Waals surface area contributed by atoms with E-state index in [0.717, 1.165) is 12.2 Å². The van der Waals surface area contributed by atoms with Gasteiger partial charge in [0.2, 0.25) is 0 Å². The average Bonchev–Trinajstić information content (AvgIpc) is 3.28. The molecule has 4 aromatic rings. The van der Waals surface area contributed by atoms with Crippen molar-refractivity contribution in [2.24, 2.45) is 5.92 Å². The van der Waals surface area contributed by atoms with E-state index in [2.05, 4.69) is 90.3 Å². The third-order valence-electron chi connectivity index (χ3n) is 6.77. The smallest absolute Gasteiger partial charge is 0.119 e. The van der Waals surface area contributed by atoms with Crippen molar-refractivity contribution in [1.82, 2.24) is 0 Å². The summed E-state index contributed by atoms with van der Waals surface area (Å²) in [4.78, 5) is 0. The highest BCUT2D eigenvalue weighted by molar-refractivity contribution is 6.03. The van der Waals surface area contributed by atoms with Gasteiger partial charge >= 0.3 is 0 Å². The van der Waals surface area contributed by atoms with E-state index in [1.54, 1.807) is 0 Å². The summed E-state index contributed by atoms with van der Waals surface area (Å²) in [6, 6.07) is 26.8. The van der Waals surface area contributed by atoms with Crippen molar-refractivity contribution in [3.63, 3.8) is 0 Å². The van der Waals surface area contributed by atoms with Crippen LogP contribution in [-0.4, -0.2) is 6.61 Å². The van der Waals surface area contributed by atoms with Crippen molar-refractivity contribution in [3.8, 4) is 5.75 Å². The molecule has 0 saturated carbocycles. The summed E-state index contributed by atoms with van der Waals surface area (Å²) in [5.74, 6) is 1.89. The van der Waals surface area contributed by atoms with E-state index in [1.165, 1.54) is 38.4 Å². The molecule has 0 aromatic heterocycles. The fourth-order valence-electron chi connectivity index (χ4n) is 5.50. The second-order valence-electron chi connectivity index (χ2n) is 8.39. The Morgan fingerprint density at radius 2 is 1.63 bits per heavy atom. The van der Waals surface area contributed by atoms with Gasteiger partial charge < -0.3 is 10.1 Å². The molecule has 1 aliphatic heterocycles. The molecule has 3 atom stereocenters. The molecule has 4 aromatic carbocycles. The molecule has 30 heavy (non-hydrogen) atoms. The first-order valence-corrected chi connectivity index (χ1v) is 10.9. The molecular weight excluding hydrogens is 366 g/mol. The summed E-state index contributed by atoms with van der Waals surface area (Å²) in [6.07, 6.45) is 5.86. The molecule has 0 saturated heterocycles. The Balaban J connectivity index is 1.57. The predicted molar refractivity (Wildman–Crippen MR) is 125 cm³/mol. The van der Waals surface area contributed by atoms with Gasteiger partial charge in [-0.25, -0.2) is 0 Å². The van der Waals surface area contributed by atoms with Crippen molar-refractivity contribution in [1.29, 1.82) is 0 Å². The highest BCUT2D eigenvalue weighted by Gasteiger charge is 2.39. The number of nitrogens with one attached hydrogen (secondary N) is 1. The Morgan fingerprint density at radius 3 is 2.37 bits per heavy atom. The molecular formula is C28H25NO. The van der Waals surface area contributed by atoms with Crippen LogP contribution in [0.2, 0.25) is 0 Å². The second kappa shape index (κ2) is 6.91. The van der Waals surface area contributed by atoms with Gasteiger partial charge in [-0.3, -0.25) is 0 Å². The molecule has 1 heterocycles. The molecule has 0 spiro atoms. The van der Waals surface area contributed by atoms with Gasteiger partial charge in [0, 0.05) is 11.6 Å². The number of benzene rings is 4. The van der Waals surface area contributed by atoms with Crippen molar-refractivity contribution in [2.45, 2.75) is 25.3 Å². The summed E-state index contributed by atoms with van der Waals surface area (Å²) in [6.45, 7) is 2.73. The number of allylic oxidation sites excluding steroid dienone is 2. The first-order valence-electron chi connectivity index (χ1n) is 10.9. The first-order chi connectivity index (χ1) is 14.8. The van der Waals surface area contributed by atoms with Crippen LogP contribution in [0.25, 0.3) is 21.5 Å². The second-order valence-corrected chi connectivity index (χ2v) is 8.39. The Morgan fingerprint density at radius 1 is 0.900 bits per heavy atom. The maximum Gasteiger partial charge on any atom is 0.119 e. The predicted octanol–water partition coefficient (Wildman–Crippen LogP) is 7.22. The van der Waals surface area contributed by atoms with E-state index in [0.29, 0.717) is 18.4 Å². The van der Waals surface area contributed by atoms with Crippen LogP contribution < -0.4 is 10.1 Å². The SMILES string of the molecule is CCOc1ccc2c(c1)[C@@H]1C=CC[C@@H]1[C@H](c1c3ccccc3cc3ccccc13)N2. The van der Waals surface area contributed by atoms with Gasteiger partial charge in [0.25, 0.3) is 0 Å². The third kappa shape index (κ3) is 2.64. The van der Waals surface area contributed by atoms with Gasteiger partial charge in [-0.05, 0) is 76.2 Å². The molecule has 1 N–H and O–H groups in total. The van der Waals surface area contributed by atoms with Crippen molar-refractivity contribution in [2.75, 3.05) is 11.9 Å². The summed E-state index contributed by atoms with van der Waals surface area (Å²) >= 11 is 0. The van der Waals surface area contributed by atoms with E-state index in [1.807, 2.05) is 6.92 Å². The van der Waals surface area contributed by atoms with Crippen molar-refractivity contribution < 1.29 is 4.74 Å². The van der Waals surface area contributed by atoms with Gasteiger partial charge in [-0.1, -0.05) is 60.7 Å². The van der Waals surface area contributed by atoms with E-state index < -0.39 is 0 Å². The van der Waals surface area contributed by atoms with Crippen LogP contribution >= 0.6 is 0 Å². The van der Waals surface area contributed by atoms with Gasteiger partial charge in [-0.2, -0.15) is 0 Å². The zero-order chi connectivity index (χ0) is 20.1. The molecule has 0 radical (unpaired) electrons. The summed E-state index contributed by atoms with van der Waals surface area (Å²) in [5.41, 5.74) is 4.02. The summed E-state index contributed by atoms with van der Waals surface area (Å²) in [5, 5.41) is 9.28. The van der Waals surface area contributed by atoms with Gasteiger partial charge in [0.1, 0.15) is 5.75 Å². The minimum Gasteiger partial charge on any atom is -0.494 e. The molecule has 148 valence electrons. The lowest BCUT2D eigenvalue weighted by atomic mass is 9.75. The van der Waals surface area contributed by atoms with E-state index in [9.17, 15) is 0 Å². The Hall–Kier alpha value is -3.26. The van der Waals surface area contributed by atoms with Crippen LogP contribution in [0.15, 0.2) is 84.9 Å². The standard InChI is InChI=1S/C28H25NO/c1-2-30-20-14-15-26-25(17-20)23-12-7-13-24(23)28(29-26)27-21-10-5-3-8-18(21)16-19-9-4-6-11-22(19)27/h3-12,14-17,23-24,28-29H,2,13H2,1H3/t23-,24+,28-/m1/s1. The Bertz CT molecular complexity index is 1230. The number of rotatable bonds is 3. The Kier molecular flexibility index (Phi) is 4.05. The van der Waals surface area contributed by atoms with E-state index in [-0.39, 0.29) is 6.04 Å². The van der Waals surface area contributed by atoms with Crippen LogP contribution in [0.4, 0.5) is 5.69 Å². The zero-order valence-electron chi connectivity index (χ0n) is 17.1. The number of hydrogen-bond donors (Lipinski definition) is 1. The zero-order valence-corrected chi connectivity index (χ0v) is 17.1. The lowest BCUT2D eigenvalue weighted by Gasteiger charge is -2.38. The van der Waals surface area contributed by atoms with Crippen molar-refractivity contribution >= 4 is 27.2 Å². The van der Waals surface area contributed by atoms with Crippen molar-refractivity contribution in [3.05, 3.63) is 96.1 Å². The molecule has 0 fully saturated rings. The molecule has 2 heteroatoms. The largest absolute Gasteiger partial charge is 0.494 e. The van der Waals surface area contributed by atoms with Crippen LogP contribution in [0, 0.1) is 5.92 Å². The lowest BCUT2D eigenvalue weighted by Crippen LogP contribution is -2.29. The minimum atomic E-state index is 0.270. The normalized spacial score (nSPS) is 22.0. The summed E-state index contributed by atoms with van der Waals surface area (Å²) < 4.78 is 5.80. The molecule has 0 amide bonds. The number of hydrogen-bond acceptors (Lipinski definition) is 2. The first kappa shape index (κ1) is 17.6. The fourth-order valence-corrected chi connectivity index (χ4v) is 5.50. The fraction of sp³-hybridized carbons (Fsp3) is 0.214. The number of ether oxygens (including phenoxy) is 1. The van der Waals surface area contributed by atoms with Crippen LogP contribution in [0.3, 0.4) is 0 Å². The van der Waals surface area contributed by atoms with Crippen LogP contribution in [0.1, 0.15) is 36.4 Å². The maximum atomic E-state index is 5.80. The maximum absolute atomic E-state index is 5.80. The highest BCUT2D eigenvalue weighted by atomic mass is 16.5. The van der Waals surface area contributed by atoms with Gasteiger partial charge in [0.05, 0.1) is 12.6 Å². The molecule has 1 aliphatic carbocycles. The third-order valence-corrected chi connectivity index (χ3v) is 6.77. The number of anilines is 1. The monoisotopic (exact) mass is 391 g/mol. The molecule has 6 rings (SSSR count). The van der Waals surface area contributed by atoms with E-state index >= 15 is 0 Å². The van der Waals surface area contributed by atoms with E-state index in [4.69, 9.17) is 4.74 Å². The summed E-state index contributed by atoms with van der Waals surface area (Å²) in [7, 11) is 0. The molecule has 2 nitrogen and oxygen atoms in total. The topological polar surface area (TPSA) is 21.3 Å². The molecule has 0 unspecified atom stereocenters.